The molecule has 0 amide bonds. The van der Waals surface area contributed by atoms with E-state index in [1.165, 1.54) is 0 Å². The van der Waals surface area contributed by atoms with Crippen LogP contribution in [0.25, 0.3) is 0 Å². The molecule has 0 aliphatic heterocycles. The Bertz CT molecular complexity index is 167. The van der Waals surface area contributed by atoms with Crippen LogP contribution in [0.1, 0.15) is 40.5 Å². The zero-order valence-corrected chi connectivity index (χ0v) is 9.79. The molecule has 0 aromatic heterocycles. The van der Waals surface area contributed by atoms with Crippen molar-refractivity contribution in [1.82, 2.24) is 4.90 Å². The van der Waals surface area contributed by atoms with Crippen LogP contribution in [-0.2, 0) is 4.79 Å². The van der Waals surface area contributed by atoms with Crippen molar-refractivity contribution in [2.24, 2.45) is 5.92 Å². The zero-order valence-electron chi connectivity index (χ0n) is 9.79. The van der Waals surface area contributed by atoms with Crippen molar-refractivity contribution >= 4 is 5.97 Å². The Morgan fingerprint density at radius 1 is 1.29 bits per heavy atom. The topological polar surface area (TPSA) is 40.5 Å². The summed E-state index contributed by atoms with van der Waals surface area (Å²) in [5, 5.41) is 8.53. The first kappa shape index (κ1) is 13.4. The minimum Gasteiger partial charge on any atom is -0.481 e. The van der Waals surface area contributed by atoms with E-state index in [4.69, 9.17) is 5.11 Å². The van der Waals surface area contributed by atoms with Crippen LogP contribution >= 0.6 is 0 Å². The SMILES string of the molecule is CC(C)CN(CCCC(=O)O)C(C)C. The highest BCUT2D eigenvalue weighted by Crippen LogP contribution is 2.05. The van der Waals surface area contributed by atoms with Gasteiger partial charge in [0.05, 0.1) is 0 Å². The highest BCUT2D eigenvalue weighted by Gasteiger charge is 2.11. The van der Waals surface area contributed by atoms with E-state index in [1.807, 2.05) is 0 Å². The molecule has 0 spiro atoms. The van der Waals surface area contributed by atoms with Gasteiger partial charge in [-0.15, -0.1) is 0 Å². The predicted octanol–water partition coefficient (Wildman–Crippen LogP) is 2.22. The molecule has 3 nitrogen and oxygen atoms in total. The van der Waals surface area contributed by atoms with Crippen molar-refractivity contribution in [2.75, 3.05) is 13.1 Å². The normalized spacial score (nSPS) is 11.6. The van der Waals surface area contributed by atoms with E-state index in [1.54, 1.807) is 0 Å². The van der Waals surface area contributed by atoms with Crippen LogP contribution in [-0.4, -0.2) is 35.1 Å². The number of carboxylic acids is 1. The molecular formula is C11H23NO2. The summed E-state index contributed by atoms with van der Waals surface area (Å²) in [6, 6.07) is 0.506. The van der Waals surface area contributed by atoms with Gasteiger partial charge < -0.3 is 10.0 Å². The van der Waals surface area contributed by atoms with Crippen molar-refractivity contribution in [3.05, 3.63) is 0 Å². The predicted molar refractivity (Wildman–Crippen MR) is 58.4 cm³/mol. The minimum atomic E-state index is -0.696. The van der Waals surface area contributed by atoms with Gasteiger partial charge in [0.25, 0.3) is 0 Å². The largest absolute Gasteiger partial charge is 0.481 e. The summed E-state index contributed by atoms with van der Waals surface area (Å²) in [7, 11) is 0. The Hall–Kier alpha value is -0.570. The lowest BCUT2D eigenvalue weighted by molar-refractivity contribution is -0.137. The van der Waals surface area contributed by atoms with Gasteiger partial charge in [-0.05, 0) is 32.7 Å². The van der Waals surface area contributed by atoms with Gasteiger partial charge in [0, 0.05) is 19.0 Å². The van der Waals surface area contributed by atoms with Crippen LogP contribution in [0.3, 0.4) is 0 Å². The lowest BCUT2D eigenvalue weighted by Gasteiger charge is -2.27. The fraction of sp³-hybridized carbons (Fsp3) is 0.909. The Balaban J connectivity index is 3.79. The number of hydrogen-bond acceptors (Lipinski definition) is 2. The number of hydrogen-bond donors (Lipinski definition) is 1. The van der Waals surface area contributed by atoms with Gasteiger partial charge in [-0.3, -0.25) is 4.79 Å². The third-order valence-corrected chi connectivity index (χ3v) is 2.17. The van der Waals surface area contributed by atoms with Crippen LogP contribution in [0.4, 0.5) is 0 Å². The summed E-state index contributed by atoms with van der Waals surface area (Å²) in [4.78, 5) is 12.7. The van der Waals surface area contributed by atoms with E-state index >= 15 is 0 Å². The van der Waals surface area contributed by atoms with Gasteiger partial charge in [-0.25, -0.2) is 0 Å². The molecule has 0 unspecified atom stereocenters. The fourth-order valence-electron chi connectivity index (χ4n) is 1.46. The van der Waals surface area contributed by atoms with Gasteiger partial charge in [0.2, 0.25) is 0 Å². The smallest absolute Gasteiger partial charge is 0.303 e. The van der Waals surface area contributed by atoms with Crippen molar-refractivity contribution in [1.29, 1.82) is 0 Å². The summed E-state index contributed by atoms with van der Waals surface area (Å²) in [5.74, 6) is -0.0551. The van der Waals surface area contributed by atoms with E-state index in [9.17, 15) is 4.79 Å². The van der Waals surface area contributed by atoms with Gasteiger partial charge in [0.1, 0.15) is 0 Å². The first-order valence-electron chi connectivity index (χ1n) is 5.39. The van der Waals surface area contributed by atoms with Crippen LogP contribution in [0, 0.1) is 5.92 Å². The number of carboxylic acid groups (broad SMARTS) is 1. The maximum absolute atomic E-state index is 10.4. The lowest BCUT2D eigenvalue weighted by Crippen LogP contribution is -2.35. The molecule has 0 saturated heterocycles. The van der Waals surface area contributed by atoms with E-state index in [0.717, 1.165) is 19.5 Å². The van der Waals surface area contributed by atoms with Gasteiger partial charge >= 0.3 is 5.97 Å². The molecule has 1 N–H and O–H groups in total. The second-order valence-corrected chi connectivity index (χ2v) is 4.48. The van der Waals surface area contributed by atoms with E-state index in [-0.39, 0.29) is 6.42 Å². The third kappa shape index (κ3) is 6.89. The van der Waals surface area contributed by atoms with E-state index in [2.05, 4.69) is 32.6 Å². The monoisotopic (exact) mass is 201 g/mol. The average Bonchev–Trinajstić information content (AvgIpc) is 2.00. The lowest BCUT2D eigenvalue weighted by atomic mass is 10.1. The summed E-state index contributed by atoms with van der Waals surface area (Å²) >= 11 is 0. The molecule has 0 rings (SSSR count). The molecule has 0 aliphatic carbocycles. The molecule has 0 atom stereocenters. The Kier molecular flexibility index (Phi) is 6.54. The number of carbonyl (C=O) groups is 1. The second-order valence-electron chi connectivity index (χ2n) is 4.48. The molecule has 0 fully saturated rings. The van der Waals surface area contributed by atoms with Gasteiger partial charge in [0.15, 0.2) is 0 Å². The quantitative estimate of drug-likeness (QED) is 0.686. The van der Waals surface area contributed by atoms with Crippen LogP contribution in [0.15, 0.2) is 0 Å². The molecule has 0 bridgehead atoms. The van der Waals surface area contributed by atoms with Gasteiger partial charge in [-0.2, -0.15) is 0 Å². The highest BCUT2D eigenvalue weighted by molar-refractivity contribution is 5.66. The third-order valence-electron chi connectivity index (χ3n) is 2.17. The standard InChI is InChI=1S/C11H23NO2/c1-9(2)8-12(10(3)4)7-5-6-11(13)14/h9-10H,5-8H2,1-4H3,(H,13,14). The zero-order chi connectivity index (χ0) is 11.1. The molecule has 0 aliphatic rings. The van der Waals surface area contributed by atoms with Crippen molar-refractivity contribution in [2.45, 2.75) is 46.6 Å². The van der Waals surface area contributed by atoms with Crippen LogP contribution < -0.4 is 0 Å². The minimum absolute atomic E-state index is 0.279. The number of nitrogens with zero attached hydrogens (tertiary/aromatic N) is 1. The first-order chi connectivity index (χ1) is 6.43. The second kappa shape index (κ2) is 6.82. The molecule has 3 heteroatoms. The van der Waals surface area contributed by atoms with Crippen LogP contribution in [0.2, 0.25) is 0 Å². The molecule has 0 aromatic rings. The number of rotatable bonds is 7. The maximum Gasteiger partial charge on any atom is 0.303 e. The van der Waals surface area contributed by atoms with Crippen molar-refractivity contribution in [3.63, 3.8) is 0 Å². The molecule has 0 radical (unpaired) electrons. The molecular weight excluding hydrogens is 178 g/mol. The highest BCUT2D eigenvalue weighted by atomic mass is 16.4. The Morgan fingerprint density at radius 2 is 1.86 bits per heavy atom. The summed E-state index contributed by atoms with van der Waals surface area (Å²) in [6.07, 6.45) is 1.03. The van der Waals surface area contributed by atoms with E-state index < -0.39 is 5.97 Å². The van der Waals surface area contributed by atoms with Crippen LogP contribution in [0.5, 0.6) is 0 Å². The summed E-state index contributed by atoms with van der Waals surface area (Å²) < 4.78 is 0. The average molecular weight is 201 g/mol. The fourth-order valence-corrected chi connectivity index (χ4v) is 1.46. The Labute approximate surface area is 87.1 Å². The summed E-state index contributed by atoms with van der Waals surface area (Å²) in [5.41, 5.74) is 0. The molecule has 0 aromatic carbocycles. The van der Waals surface area contributed by atoms with E-state index in [0.29, 0.717) is 12.0 Å². The first-order valence-corrected chi connectivity index (χ1v) is 5.39. The Morgan fingerprint density at radius 3 is 2.21 bits per heavy atom. The van der Waals surface area contributed by atoms with Crippen molar-refractivity contribution in [3.8, 4) is 0 Å². The summed E-state index contributed by atoms with van der Waals surface area (Å²) in [6.45, 7) is 10.6. The van der Waals surface area contributed by atoms with Crippen molar-refractivity contribution < 1.29 is 9.90 Å². The maximum atomic E-state index is 10.4. The molecule has 14 heavy (non-hydrogen) atoms. The molecule has 0 saturated carbocycles. The molecule has 0 heterocycles. The molecule has 84 valence electrons. The van der Waals surface area contributed by atoms with Gasteiger partial charge in [-0.1, -0.05) is 13.8 Å². The number of aliphatic carboxylic acids is 1.